The normalized spacial score (nSPS) is 14.8. The molecule has 0 bridgehead atoms. The van der Waals surface area contributed by atoms with E-state index in [1.54, 1.807) is 6.07 Å². The minimum atomic E-state index is -1.27. The van der Waals surface area contributed by atoms with Gasteiger partial charge in [-0.25, -0.2) is 4.98 Å². The maximum Gasteiger partial charge on any atom is 0.152 e. The first-order valence-corrected chi connectivity index (χ1v) is 5.06. The quantitative estimate of drug-likeness (QED) is 0.548. The first-order chi connectivity index (χ1) is 8.17. The second kappa shape index (κ2) is 4.62. The number of H-pyrrole nitrogens is 1. The molecule has 0 radical (unpaired) electrons. The lowest BCUT2D eigenvalue weighted by Crippen LogP contribution is -2.22. The molecule has 4 N–H and O–H groups in total. The number of rotatable bonds is 4. The zero-order valence-corrected chi connectivity index (χ0v) is 8.87. The van der Waals surface area contributed by atoms with Crippen LogP contribution >= 0.6 is 0 Å². The van der Waals surface area contributed by atoms with Crippen LogP contribution in [0.3, 0.4) is 0 Å². The van der Waals surface area contributed by atoms with Gasteiger partial charge in [0.05, 0.1) is 6.61 Å². The van der Waals surface area contributed by atoms with Gasteiger partial charge in [-0.1, -0.05) is 0 Å². The number of carbonyl (C=O) groups is 1. The lowest BCUT2D eigenvalue weighted by molar-refractivity contribution is -0.0153. The lowest BCUT2D eigenvalue weighted by Gasteiger charge is -2.15. The molecule has 90 valence electrons. The van der Waals surface area contributed by atoms with Crippen molar-refractivity contribution in [2.75, 3.05) is 6.61 Å². The number of aliphatic hydroxyl groups is 3. The predicted octanol–water partition coefficient (Wildman–Crippen LogP) is -0.238. The second-order valence-corrected chi connectivity index (χ2v) is 3.72. The molecule has 0 spiro atoms. The molecule has 2 aromatic heterocycles. The first kappa shape index (κ1) is 11.7. The van der Waals surface area contributed by atoms with Crippen molar-refractivity contribution in [1.29, 1.82) is 0 Å². The van der Waals surface area contributed by atoms with Gasteiger partial charge in [0.15, 0.2) is 6.29 Å². The molecule has 0 aliphatic carbocycles. The summed E-state index contributed by atoms with van der Waals surface area (Å²) in [4.78, 5) is 17.6. The molecule has 17 heavy (non-hydrogen) atoms. The summed E-state index contributed by atoms with van der Waals surface area (Å²) in [5, 5.41) is 28.3. The highest BCUT2D eigenvalue weighted by Crippen LogP contribution is 2.22. The van der Waals surface area contributed by atoms with E-state index in [0.29, 0.717) is 28.4 Å². The van der Waals surface area contributed by atoms with Crippen LogP contribution in [0.5, 0.6) is 0 Å². The molecule has 6 nitrogen and oxygen atoms in total. The number of aldehydes is 1. The van der Waals surface area contributed by atoms with Crippen molar-refractivity contribution in [2.24, 2.45) is 0 Å². The fourth-order valence-corrected chi connectivity index (χ4v) is 1.62. The molecule has 0 amide bonds. The molecule has 6 heteroatoms. The number of hydrogen-bond donors (Lipinski definition) is 4. The van der Waals surface area contributed by atoms with Gasteiger partial charge >= 0.3 is 0 Å². The van der Waals surface area contributed by atoms with E-state index >= 15 is 0 Å². The molecule has 2 atom stereocenters. The minimum Gasteiger partial charge on any atom is -0.394 e. The maximum atomic E-state index is 10.8. The summed E-state index contributed by atoms with van der Waals surface area (Å²) in [6.07, 6.45) is 1.08. The highest BCUT2D eigenvalue weighted by molar-refractivity contribution is 5.95. The summed E-state index contributed by atoms with van der Waals surface area (Å²) in [6, 6.07) is 1.56. The first-order valence-electron chi connectivity index (χ1n) is 5.06. The van der Waals surface area contributed by atoms with E-state index in [0.717, 1.165) is 0 Å². The van der Waals surface area contributed by atoms with Crippen molar-refractivity contribution in [1.82, 2.24) is 9.97 Å². The van der Waals surface area contributed by atoms with Crippen LogP contribution in [0.25, 0.3) is 11.0 Å². The Labute approximate surface area is 96.5 Å². The molecule has 2 aromatic rings. The fourth-order valence-electron chi connectivity index (χ4n) is 1.62. The minimum absolute atomic E-state index is 0.349. The molecule has 0 aliphatic rings. The Morgan fingerprint density at radius 2 is 2.24 bits per heavy atom. The van der Waals surface area contributed by atoms with E-state index in [1.165, 1.54) is 12.4 Å². The number of carbonyl (C=O) groups excluding carboxylic acids is 1. The average molecular weight is 236 g/mol. The lowest BCUT2D eigenvalue weighted by atomic mass is 10.1. The van der Waals surface area contributed by atoms with Gasteiger partial charge in [0.2, 0.25) is 0 Å². The third kappa shape index (κ3) is 2.05. The van der Waals surface area contributed by atoms with Crippen molar-refractivity contribution < 1.29 is 20.1 Å². The van der Waals surface area contributed by atoms with Gasteiger partial charge in [-0.05, 0) is 6.07 Å². The van der Waals surface area contributed by atoms with Crippen molar-refractivity contribution in [2.45, 2.75) is 12.2 Å². The fraction of sp³-hybridized carbons (Fsp3) is 0.273. The summed E-state index contributed by atoms with van der Waals surface area (Å²) in [5.41, 5.74) is 1.31. The van der Waals surface area contributed by atoms with E-state index in [2.05, 4.69) is 9.97 Å². The van der Waals surface area contributed by atoms with Crippen LogP contribution in [0.1, 0.15) is 22.0 Å². The Balaban J connectivity index is 2.45. The average Bonchev–Trinajstić information content (AvgIpc) is 2.78. The van der Waals surface area contributed by atoms with Crippen molar-refractivity contribution in [3.63, 3.8) is 0 Å². The van der Waals surface area contributed by atoms with Gasteiger partial charge in [0.1, 0.15) is 17.9 Å². The molecule has 0 saturated carbocycles. The number of hydrogen-bond acceptors (Lipinski definition) is 5. The van der Waals surface area contributed by atoms with Crippen LogP contribution in [-0.2, 0) is 0 Å². The maximum absolute atomic E-state index is 10.8. The molecule has 2 rings (SSSR count). The Morgan fingerprint density at radius 3 is 2.88 bits per heavy atom. The molecular formula is C11H12N2O4. The van der Waals surface area contributed by atoms with Gasteiger partial charge in [0, 0.05) is 28.9 Å². The van der Waals surface area contributed by atoms with Gasteiger partial charge in [0.25, 0.3) is 0 Å². The Hall–Kier alpha value is -1.76. The Morgan fingerprint density at radius 1 is 1.47 bits per heavy atom. The Kier molecular flexibility index (Phi) is 3.19. The van der Waals surface area contributed by atoms with Crippen molar-refractivity contribution in [3.8, 4) is 0 Å². The molecule has 0 saturated heterocycles. The molecule has 0 aliphatic heterocycles. The highest BCUT2D eigenvalue weighted by atomic mass is 16.4. The summed E-state index contributed by atoms with van der Waals surface area (Å²) in [7, 11) is 0. The van der Waals surface area contributed by atoms with Crippen molar-refractivity contribution in [3.05, 3.63) is 29.6 Å². The SMILES string of the molecule is O=Cc1c[nH]c2ncc(C(O)C(O)CO)cc12. The van der Waals surface area contributed by atoms with Gasteiger partial charge < -0.3 is 20.3 Å². The van der Waals surface area contributed by atoms with Crippen LogP contribution in [0.2, 0.25) is 0 Å². The summed E-state index contributed by atoms with van der Waals surface area (Å²) in [6.45, 7) is -0.549. The molecule has 0 aromatic carbocycles. The van der Waals surface area contributed by atoms with Gasteiger partial charge in [-0.15, -0.1) is 0 Å². The standard InChI is InChI=1S/C11H12N2O4/c14-4-7-3-13-11-8(7)1-6(2-12-11)10(17)9(16)5-15/h1-4,9-10,15-17H,5H2,(H,12,13). The smallest absolute Gasteiger partial charge is 0.152 e. The van der Waals surface area contributed by atoms with Crippen LogP contribution in [0, 0.1) is 0 Å². The van der Waals surface area contributed by atoms with Crippen molar-refractivity contribution >= 4 is 17.3 Å². The van der Waals surface area contributed by atoms with Gasteiger partial charge in [-0.2, -0.15) is 0 Å². The van der Waals surface area contributed by atoms with E-state index in [1.807, 2.05) is 0 Å². The molecule has 2 heterocycles. The molecule has 2 unspecified atom stereocenters. The molecular weight excluding hydrogens is 224 g/mol. The summed E-state index contributed by atoms with van der Waals surface area (Å²) < 4.78 is 0. The summed E-state index contributed by atoms with van der Waals surface area (Å²) >= 11 is 0. The highest BCUT2D eigenvalue weighted by Gasteiger charge is 2.18. The third-order valence-electron chi connectivity index (χ3n) is 2.60. The van der Waals surface area contributed by atoms with Gasteiger partial charge in [-0.3, -0.25) is 4.79 Å². The Bertz CT molecular complexity index is 537. The second-order valence-electron chi connectivity index (χ2n) is 3.72. The largest absolute Gasteiger partial charge is 0.394 e. The zero-order chi connectivity index (χ0) is 12.4. The van der Waals surface area contributed by atoms with E-state index in [-0.39, 0.29) is 0 Å². The monoisotopic (exact) mass is 236 g/mol. The van der Waals surface area contributed by atoms with Crippen LogP contribution in [0.4, 0.5) is 0 Å². The number of nitrogens with zero attached hydrogens (tertiary/aromatic N) is 1. The van der Waals surface area contributed by atoms with Crippen LogP contribution in [0.15, 0.2) is 18.5 Å². The number of aromatic nitrogens is 2. The zero-order valence-electron chi connectivity index (χ0n) is 8.87. The number of aliphatic hydroxyl groups excluding tert-OH is 3. The molecule has 0 fully saturated rings. The number of nitrogens with one attached hydrogen (secondary N) is 1. The third-order valence-corrected chi connectivity index (χ3v) is 2.60. The number of fused-ring (bicyclic) bond motifs is 1. The van der Waals surface area contributed by atoms with E-state index in [9.17, 15) is 15.0 Å². The van der Waals surface area contributed by atoms with Crippen LogP contribution < -0.4 is 0 Å². The van der Waals surface area contributed by atoms with Crippen LogP contribution in [-0.4, -0.2) is 44.3 Å². The predicted molar refractivity (Wildman–Crippen MR) is 59.5 cm³/mol. The topological polar surface area (TPSA) is 106 Å². The number of pyridine rings is 1. The van der Waals surface area contributed by atoms with E-state index < -0.39 is 18.8 Å². The summed E-state index contributed by atoms with van der Waals surface area (Å²) in [5.74, 6) is 0. The number of aromatic amines is 1. The van der Waals surface area contributed by atoms with E-state index in [4.69, 9.17) is 5.11 Å².